The Hall–Kier alpha value is -3.15. The van der Waals surface area contributed by atoms with Crippen molar-refractivity contribution >= 4 is 34.1 Å². The molecule has 3 aromatic rings. The number of carbonyl (C=O) groups is 1. The van der Waals surface area contributed by atoms with E-state index in [-0.39, 0.29) is 11.8 Å². The van der Waals surface area contributed by atoms with Gasteiger partial charge in [0.2, 0.25) is 5.91 Å². The number of anilines is 1. The number of nitrogens with one attached hydrogen (secondary N) is 1. The van der Waals surface area contributed by atoms with Crippen LogP contribution < -0.4 is 10.1 Å². The molecule has 116 valence electrons. The Morgan fingerprint density at radius 2 is 1.91 bits per heavy atom. The van der Waals surface area contributed by atoms with E-state index in [0.29, 0.717) is 28.1 Å². The van der Waals surface area contributed by atoms with Crippen LogP contribution >= 0.6 is 0 Å². The summed E-state index contributed by atoms with van der Waals surface area (Å²) in [6.07, 6.45) is 0. The predicted octanol–water partition coefficient (Wildman–Crippen LogP) is 4.82. The molecule has 0 saturated heterocycles. The summed E-state index contributed by atoms with van der Waals surface area (Å²) in [5.41, 5.74) is 1.77. The van der Waals surface area contributed by atoms with E-state index in [1.807, 2.05) is 30.3 Å². The van der Waals surface area contributed by atoms with Gasteiger partial charge in [-0.25, -0.2) is 0 Å². The zero-order valence-electron chi connectivity index (χ0n) is 12.7. The molecule has 0 atom stereocenters. The molecule has 0 bridgehead atoms. The second-order valence-electron chi connectivity index (χ2n) is 4.86. The molecule has 0 spiro atoms. The number of ether oxygens (including phenoxy) is 1. The van der Waals surface area contributed by atoms with Crippen LogP contribution in [0.3, 0.4) is 0 Å². The quantitative estimate of drug-likeness (QED) is 0.702. The Bertz CT molecular complexity index is 869. The van der Waals surface area contributed by atoms with Crippen molar-refractivity contribution in [1.29, 1.82) is 0 Å². The molecule has 6 heteroatoms. The van der Waals surface area contributed by atoms with Crippen LogP contribution in [0.2, 0.25) is 0 Å². The first-order chi connectivity index (χ1) is 11.2. The van der Waals surface area contributed by atoms with Crippen LogP contribution in [0.4, 0.5) is 17.3 Å². The summed E-state index contributed by atoms with van der Waals surface area (Å²) in [6, 6.07) is 14.6. The van der Waals surface area contributed by atoms with Gasteiger partial charge in [0.25, 0.3) is 5.88 Å². The van der Waals surface area contributed by atoms with E-state index in [1.165, 1.54) is 6.92 Å². The van der Waals surface area contributed by atoms with Gasteiger partial charge in [-0.2, -0.15) is 0 Å². The van der Waals surface area contributed by atoms with E-state index in [4.69, 9.17) is 9.15 Å². The van der Waals surface area contributed by atoms with Crippen molar-refractivity contribution in [1.82, 2.24) is 0 Å². The minimum atomic E-state index is -0.216. The maximum Gasteiger partial charge on any atom is 0.263 e. The summed E-state index contributed by atoms with van der Waals surface area (Å²) in [5.74, 6) is 0.690. The Labute approximate surface area is 132 Å². The van der Waals surface area contributed by atoms with Gasteiger partial charge in [-0.05, 0) is 30.3 Å². The maximum absolute atomic E-state index is 11.5. The number of methoxy groups -OCH3 is 1. The largest absolute Gasteiger partial charge is 0.497 e. The number of nitrogens with zero attached hydrogens (tertiary/aromatic N) is 2. The summed E-state index contributed by atoms with van der Waals surface area (Å²) in [5, 5.41) is 11.7. The highest BCUT2D eigenvalue weighted by atomic mass is 16.5. The van der Waals surface area contributed by atoms with E-state index in [2.05, 4.69) is 15.5 Å². The van der Waals surface area contributed by atoms with Crippen molar-refractivity contribution in [2.45, 2.75) is 6.92 Å². The van der Waals surface area contributed by atoms with Crippen molar-refractivity contribution in [3.8, 4) is 5.75 Å². The smallest absolute Gasteiger partial charge is 0.263 e. The second-order valence-corrected chi connectivity index (χ2v) is 4.86. The van der Waals surface area contributed by atoms with E-state index < -0.39 is 0 Å². The van der Waals surface area contributed by atoms with Crippen LogP contribution in [0.1, 0.15) is 6.92 Å². The van der Waals surface area contributed by atoms with Gasteiger partial charge in [0.1, 0.15) is 17.0 Å². The lowest BCUT2D eigenvalue weighted by atomic mass is 10.2. The van der Waals surface area contributed by atoms with Crippen LogP contribution in [0, 0.1) is 0 Å². The highest BCUT2D eigenvalue weighted by Crippen LogP contribution is 2.39. The highest BCUT2D eigenvalue weighted by Gasteiger charge is 2.16. The zero-order chi connectivity index (χ0) is 16.2. The molecule has 0 unspecified atom stereocenters. The molecule has 0 aliphatic heterocycles. The normalized spacial score (nSPS) is 11.0. The number of fused-ring (bicyclic) bond motifs is 1. The molecule has 6 nitrogen and oxygen atoms in total. The molecule has 1 amide bonds. The van der Waals surface area contributed by atoms with Gasteiger partial charge in [0, 0.05) is 6.92 Å². The number of carbonyl (C=O) groups excluding carboxylic acids is 1. The Balaban J connectivity index is 2.07. The van der Waals surface area contributed by atoms with Crippen LogP contribution in [-0.4, -0.2) is 13.0 Å². The number of azo groups is 1. The van der Waals surface area contributed by atoms with E-state index in [1.54, 1.807) is 25.3 Å². The summed E-state index contributed by atoms with van der Waals surface area (Å²) < 4.78 is 10.9. The Morgan fingerprint density at radius 1 is 1.13 bits per heavy atom. The van der Waals surface area contributed by atoms with Crippen molar-refractivity contribution in [3.63, 3.8) is 0 Å². The van der Waals surface area contributed by atoms with Gasteiger partial charge in [0.15, 0.2) is 0 Å². The molecule has 2 aromatic carbocycles. The van der Waals surface area contributed by atoms with Crippen molar-refractivity contribution in [3.05, 3.63) is 48.5 Å². The summed E-state index contributed by atoms with van der Waals surface area (Å²) in [6.45, 7) is 1.43. The molecular formula is C17H15N3O3. The third-order valence-electron chi connectivity index (χ3n) is 3.19. The van der Waals surface area contributed by atoms with Gasteiger partial charge in [-0.3, -0.25) is 4.79 Å². The van der Waals surface area contributed by atoms with E-state index in [0.717, 1.165) is 0 Å². The number of rotatable bonds is 4. The van der Waals surface area contributed by atoms with Gasteiger partial charge in [0.05, 0.1) is 18.2 Å². The highest BCUT2D eigenvalue weighted by molar-refractivity contribution is 6.04. The summed E-state index contributed by atoms with van der Waals surface area (Å²) in [4.78, 5) is 11.5. The second kappa shape index (κ2) is 6.31. The van der Waals surface area contributed by atoms with Gasteiger partial charge in [-0.1, -0.05) is 18.2 Å². The average Bonchev–Trinajstić information content (AvgIpc) is 2.90. The number of benzene rings is 2. The number of amides is 1. The number of hydrogen-bond donors (Lipinski definition) is 1. The fraction of sp³-hybridized carbons (Fsp3) is 0.118. The molecule has 3 rings (SSSR count). The standard InChI is InChI=1S/C17H15N3O3/c1-11(21)18-16-14-10-13(22-2)8-9-15(14)23-17(16)20-19-12-6-4-3-5-7-12/h3-10H,1-2H3,(H,18,21). The molecule has 1 N–H and O–H groups in total. The maximum atomic E-state index is 11.5. The van der Waals surface area contributed by atoms with Crippen molar-refractivity contribution in [2.24, 2.45) is 10.2 Å². The molecule has 0 saturated carbocycles. The fourth-order valence-corrected chi connectivity index (χ4v) is 2.16. The van der Waals surface area contributed by atoms with Gasteiger partial charge < -0.3 is 14.5 Å². The first-order valence-corrected chi connectivity index (χ1v) is 7.02. The Morgan fingerprint density at radius 3 is 2.61 bits per heavy atom. The minimum Gasteiger partial charge on any atom is -0.497 e. The fourth-order valence-electron chi connectivity index (χ4n) is 2.16. The summed E-state index contributed by atoms with van der Waals surface area (Å²) in [7, 11) is 1.58. The molecule has 0 aliphatic carbocycles. The van der Waals surface area contributed by atoms with E-state index >= 15 is 0 Å². The van der Waals surface area contributed by atoms with Crippen molar-refractivity contribution in [2.75, 3.05) is 12.4 Å². The predicted molar refractivity (Wildman–Crippen MR) is 87.7 cm³/mol. The van der Waals surface area contributed by atoms with Crippen molar-refractivity contribution < 1.29 is 13.9 Å². The lowest BCUT2D eigenvalue weighted by Gasteiger charge is -2.01. The van der Waals surface area contributed by atoms with Gasteiger partial charge in [-0.15, -0.1) is 10.2 Å². The van der Waals surface area contributed by atoms with Crippen LogP contribution in [0.15, 0.2) is 63.2 Å². The molecule has 1 heterocycles. The first-order valence-electron chi connectivity index (χ1n) is 7.02. The monoisotopic (exact) mass is 309 g/mol. The molecule has 0 aliphatic rings. The average molecular weight is 309 g/mol. The molecule has 0 fully saturated rings. The summed E-state index contributed by atoms with van der Waals surface area (Å²) >= 11 is 0. The van der Waals surface area contributed by atoms with Crippen LogP contribution in [0.5, 0.6) is 5.75 Å². The zero-order valence-corrected chi connectivity index (χ0v) is 12.7. The minimum absolute atomic E-state index is 0.216. The lowest BCUT2D eigenvalue weighted by molar-refractivity contribution is -0.114. The number of furan rings is 1. The molecule has 1 aromatic heterocycles. The first kappa shape index (κ1) is 14.8. The molecular weight excluding hydrogens is 294 g/mol. The van der Waals surface area contributed by atoms with E-state index in [9.17, 15) is 4.79 Å². The lowest BCUT2D eigenvalue weighted by Crippen LogP contribution is -2.05. The van der Waals surface area contributed by atoms with Crippen LogP contribution in [0.25, 0.3) is 11.0 Å². The third-order valence-corrected chi connectivity index (χ3v) is 3.19. The SMILES string of the molecule is COc1ccc2oc(N=Nc3ccccc3)c(NC(C)=O)c2c1. The Kier molecular flexibility index (Phi) is 4.05. The van der Waals surface area contributed by atoms with Crippen LogP contribution in [-0.2, 0) is 4.79 Å². The number of hydrogen-bond acceptors (Lipinski definition) is 5. The molecule has 0 radical (unpaired) electrons. The third kappa shape index (κ3) is 3.21. The van der Waals surface area contributed by atoms with Gasteiger partial charge >= 0.3 is 0 Å². The topological polar surface area (TPSA) is 76.2 Å². The molecule has 23 heavy (non-hydrogen) atoms.